The van der Waals surface area contributed by atoms with Crippen LogP contribution >= 0.6 is 15.9 Å². The van der Waals surface area contributed by atoms with Gasteiger partial charge in [-0.2, -0.15) is 0 Å². The molecule has 0 unspecified atom stereocenters. The lowest BCUT2D eigenvalue weighted by atomic mass is 10.1. The van der Waals surface area contributed by atoms with Gasteiger partial charge in [-0.15, -0.1) is 0 Å². The number of hydrogen-bond acceptors (Lipinski definition) is 1. The molecule has 1 aliphatic carbocycles. The number of carbonyl (C=O) groups is 1. The van der Waals surface area contributed by atoms with E-state index in [4.69, 9.17) is 0 Å². The highest BCUT2D eigenvalue weighted by molar-refractivity contribution is 9.10. The highest BCUT2D eigenvalue weighted by Gasteiger charge is 2.34. The molecule has 1 saturated carbocycles. The Labute approximate surface area is 115 Å². The number of rotatable bonds is 5. The number of hydrogen-bond donors (Lipinski definition) is 0. The summed E-state index contributed by atoms with van der Waals surface area (Å²) in [6.07, 6.45) is 4.09. The minimum Gasteiger partial charge on any atom is -0.336 e. The van der Waals surface area contributed by atoms with Gasteiger partial charge in [-0.3, -0.25) is 4.79 Å². The largest absolute Gasteiger partial charge is 0.336 e. The number of benzene rings is 1. The first kappa shape index (κ1) is 13.5. The molecule has 0 bridgehead atoms. The van der Waals surface area contributed by atoms with Gasteiger partial charge in [0.1, 0.15) is 5.82 Å². The van der Waals surface area contributed by atoms with E-state index in [1.54, 1.807) is 12.1 Å². The minimum atomic E-state index is -0.448. The summed E-state index contributed by atoms with van der Waals surface area (Å²) >= 11 is 3.27. The first-order valence-corrected chi connectivity index (χ1v) is 7.19. The number of carbonyl (C=O) groups excluding carboxylic acids is 1. The van der Waals surface area contributed by atoms with E-state index in [1.165, 1.54) is 6.07 Å². The fourth-order valence-electron chi connectivity index (χ4n) is 2.01. The Balaban J connectivity index is 2.22. The average molecular weight is 314 g/mol. The fourth-order valence-corrected chi connectivity index (χ4v) is 2.52. The van der Waals surface area contributed by atoms with E-state index < -0.39 is 5.82 Å². The third-order valence-corrected chi connectivity index (χ3v) is 3.84. The van der Waals surface area contributed by atoms with Gasteiger partial charge in [0.25, 0.3) is 5.91 Å². The smallest absolute Gasteiger partial charge is 0.258 e. The Morgan fingerprint density at radius 3 is 2.78 bits per heavy atom. The van der Waals surface area contributed by atoms with Crippen LogP contribution in [0.15, 0.2) is 22.7 Å². The lowest BCUT2D eigenvalue weighted by Gasteiger charge is -2.23. The third-order valence-electron chi connectivity index (χ3n) is 3.18. The molecule has 0 heterocycles. The lowest BCUT2D eigenvalue weighted by molar-refractivity contribution is 0.0735. The van der Waals surface area contributed by atoms with Gasteiger partial charge in [-0.25, -0.2) is 4.39 Å². The van der Waals surface area contributed by atoms with Crippen LogP contribution in [0.3, 0.4) is 0 Å². The molecule has 1 fully saturated rings. The standard InChI is InChI=1S/C14H17BrFNO/c1-2-3-9-17(10-7-8-10)14(18)13-11(15)5-4-6-12(13)16/h4-6,10H,2-3,7-9H2,1H3. The maximum Gasteiger partial charge on any atom is 0.258 e. The Hall–Kier alpha value is -0.900. The van der Waals surface area contributed by atoms with Crippen LogP contribution in [0.2, 0.25) is 0 Å². The molecule has 0 saturated heterocycles. The molecule has 1 aliphatic rings. The molecular weight excluding hydrogens is 297 g/mol. The van der Waals surface area contributed by atoms with E-state index in [2.05, 4.69) is 22.9 Å². The topological polar surface area (TPSA) is 20.3 Å². The first-order valence-electron chi connectivity index (χ1n) is 6.40. The summed E-state index contributed by atoms with van der Waals surface area (Å²) in [5.74, 6) is -0.632. The molecule has 0 atom stereocenters. The SMILES string of the molecule is CCCCN(C(=O)c1c(F)cccc1Br)C1CC1. The van der Waals surface area contributed by atoms with Crippen molar-refractivity contribution in [2.75, 3.05) is 6.54 Å². The molecule has 98 valence electrons. The zero-order valence-electron chi connectivity index (χ0n) is 10.5. The molecule has 0 aromatic heterocycles. The number of halogens is 2. The first-order chi connectivity index (χ1) is 8.65. The monoisotopic (exact) mass is 313 g/mol. The second-order valence-corrected chi connectivity index (χ2v) is 5.53. The van der Waals surface area contributed by atoms with Crippen LogP contribution in [0.5, 0.6) is 0 Å². The van der Waals surface area contributed by atoms with Gasteiger partial charge in [0.05, 0.1) is 5.56 Å². The molecular formula is C14H17BrFNO. The predicted octanol–water partition coefficient (Wildman–Crippen LogP) is 3.99. The van der Waals surface area contributed by atoms with Crippen molar-refractivity contribution in [3.8, 4) is 0 Å². The van der Waals surface area contributed by atoms with Crippen molar-refractivity contribution in [3.63, 3.8) is 0 Å². The van der Waals surface area contributed by atoms with Crippen molar-refractivity contribution in [2.45, 2.75) is 38.6 Å². The molecule has 1 aromatic rings. The van der Waals surface area contributed by atoms with Crippen molar-refractivity contribution in [1.29, 1.82) is 0 Å². The molecule has 0 N–H and O–H groups in total. The molecule has 0 radical (unpaired) electrons. The van der Waals surface area contributed by atoms with E-state index in [1.807, 2.05) is 4.90 Å². The Morgan fingerprint density at radius 2 is 2.22 bits per heavy atom. The summed E-state index contributed by atoms with van der Waals surface area (Å²) in [5, 5.41) is 0. The number of nitrogens with zero attached hydrogens (tertiary/aromatic N) is 1. The maximum atomic E-state index is 13.8. The van der Waals surface area contributed by atoms with E-state index in [-0.39, 0.29) is 11.5 Å². The van der Waals surface area contributed by atoms with Crippen molar-refractivity contribution in [1.82, 2.24) is 4.90 Å². The van der Waals surface area contributed by atoms with Crippen LogP contribution in [0.4, 0.5) is 4.39 Å². The Morgan fingerprint density at radius 1 is 1.50 bits per heavy atom. The van der Waals surface area contributed by atoms with Gasteiger partial charge in [-0.1, -0.05) is 19.4 Å². The Kier molecular flexibility index (Phi) is 4.38. The van der Waals surface area contributed by atoms with Gasteiger partial charge < -0.3 is 4.90 Å². The van der Waals surface area contributed by atoms with Crippen molar-refractivity contribution in [3.05, 3.63) is 34.1 Å². The van der Waals surface area contributed by atoms with E-state index in [0.29, 0.717) is 10.5 Å². The van der Waals surface area contributed by atoms with Gasteiger partial charge in [0.15, 0.2) is 0 Å². The van der Waals surface area contributed by atoms with Gasteiger partial charge in [-0.05, 0) is 47.3 Å². The zero-order valence-corrected chi connectivity index (χ0v) is 12.0. The summed E-state index contributed by atoms with van der Waals surface area (Å²) in [6, 6.07) is 4.96. The minimum absolute atomic E-state index is 0.167. The lowest BCUT2D eigenvalue weighted by Crippen LogP contribution is -2.34. The summed E-state index contributed by atoms with van der Waals surface area (Å²) in [4.78, 5) is 14.3. The summed E-state index contributed by atoms with van der Waals surface area (Å²) in [7, 11) is 0. The van der Waals surface area contributed by atoms with Crippen LogP contribution in [0.25, 0.3) is 0 Å². The second-order valence-electron chi connectivity index (χ2n) is 4.68. The summed E-state index contributed by atoms with van der Waals surface area (Å²) in [5.41, 5.74) is 0.167. The van der Waals surface area contributed by atoms with Gasteiger partial charge in [0, 0.05) is 17.1 Å². The zero-order chi connectivity index (χ0) is 13.1. The van der Waals surface area contributed by atoms with Crippen LogP contribution in [0, 0.1) is 5.82 Å². The molecule has 4 heteroatoms. The fraction of sp³-hybridized carbons (Fsp3) is 0.500. The van der Waals surface area contributed by atoms with E-state index in [0.717, 1.165) is 32.2 Å². The maximum absolute atomic E-state index is 13.8. The molecule has 2 nitrogen and oxygen atoms in total. The quantitative estimate of drug-likeness (QED) is 0.804. The predicted molar refractivity (Wildman–Crippen MR) is 73.1 cm³/mol. The van der Waals surface area contributed by atoms with Crippen molar-refractivity contribution in [2.24, 2.45) is 0 Å². The van der Waals surface area contributed by atoms with Gasteiger partial charge >= 0.3 is 0 Å². The average Bonchev–Trinajstić information content (AvgIpc) is 3.14. The molecule has 2 rings (SSSR count). The number of amides is 1. The van der Waals surface area contributed by atoms with Crippen LogP contribution in [0.1, 0.15) is 43.0 Å². The van der Waals surface area contributed by atoms with Crippen LogP contribution in [-0.4, -0.2) is 23.4 Å². The Bertz CT molecular complexity index is 425. The molecule has 0 spiro atoms. The molecule has 18 heavy (non-hydrogen) atoms. The van der Waals surface area contributed by atoms with Crippen molar-refractivity contribution >= 4 is 21.8 Å². The third kappa shape index (κ3) is 2.91. The second kappa shape index (κ2) is 5.83. The highest BCUT2D eigenvalue weighted by Crippen LogP contribution is 2.30. The van der Waals surface area contributed by atoms with Gasteiger partial charge in [0.2, 0.25) is 0 Å². The number of unbranched alkanes of at least 4 members (excludes halogenated alkanes) is 1. The van der Waals surface area contributed by atoms with Crippen molar-refractivity contribution < 1.29 is 9.18 Å². The molecule has 1 aromatic carbocycles. The van der Waals surface area contributed by atoms with E-state index in [9.17, 15) is 9.18 Å². The normalized spacial score (nSPS) is 14.6. The summed E-state index contributed by atoms with van der Waals surface area (Å²) < 4.78 is 14.3. The molecule has 0 aliphatic heterocycles. The highest BCUT2D eigenvalue weighted by atomic mass is 79.9. The van der Waals surface area contributed by atoms with Crippen LogP contribution < -0.4 is 0 Å². The summed E-state index contributed by atoms with van der Waals surface area (Å²) in [6.45, 7) is 2.81. The van der Waals surface area contributed by atoms with E-state index >= 15 is 0 Å². The van der Waals surface area contributed by atoms with Crippen LogP contribution in [-0.2, 0) is 0 Å². The molecule has 1 amide bonds.